The van der Waals surface area contributed by atoms with Crippen LogP contribution >= 0.6 is 11.8 Å². The van der Waals surface area contributed by atoms with Crippen LogP contribution in [0.15, 0.2) is 35.7 Å². The number of carbonyl (C=O) groups is 1. The Kier molecular flexibility index (Phi) is 6.04. The zero-order valence-corrected chi connectivity index (χ0v) is 14.6. The SMILES string of the molecule is COc1cccc(-n2cnnc2SCC(=O)N[C@H](C)C(C)C)c1. The minimum Gasteiger partial charge on any atom is -0.497 e. The summed E-state index contributed by atoms with van der Waals surface area (Å²) < 4.78 is 7.07. The molecule has 0 saturated carbocycles. The van der Waals surface area contributed by atoms with E-state index < -0.39 is 0 Å². The van der Waals surface area contributed by atoms with E-state index in [4.69, 9.17) is 4.74 Å². The first-order valence-electron chi connectivity index (χ1n) is 7.48. The van der Waals surface area contributed by atoms with Crippen LogP contribution < -0.4 is 10.1 Å². The van der Waals surface area contributed by atoms with Crippen molar-refractivity contribution in [1.82, 2.24) is 20.1 Å². The van der Waals surface area contributed by atoms with Gasteiger partial charge in [-0.2, -0.15) is 0 Å². The van der Waals surface area contributed by atoms with Crippen LogP contribution in [0.25, 0.3) is 5.69 Å². The molecule has 0 bridgehead atoms. The number of hydrogen-bond acceptors (Lipinski definition) is 5. The highest BCUT2D eigenvalue weighted by Gasteiger charge is 2.13. The standard InChI is InChI=1S/C16H22N4O2S/c1-11(2)12(3)18-15(21)9-23-16-19-17-10-20(16)13-6-5-7-14(8-13)22-4/h5-8,10-12H,9H2,1-4H3,(H,18,21)/t12-/m1/s1. The molecule has 6 nitrogen and oxygen atoms in total. The summed E-state index contributed by atoms with van der Waals surface area (Å²) in [5.74, 6) is 1.47. The second-order valence-electron chi connectivity index (χ2n) is 5.57. The Balaban J connectivity index is 2.02. The van der Waals surface area contributed by atoms with Gasteiger partial charge in [-0.05, 0) is 25.0 Å². The van der Waals surface area contributed by atoms with Gasteiger partial charge in [0.1, 0.15) is 12.1 Å². The predicted molar refractivity (Wildman–Crippen MR) is 91.1 cm³/mol. The molecule has 124 valence electrons. The number of rotatable bonds is 7. The predicted octanol–water partition coefficient (Wildman–Crippen LogP) is 2.53. The number of hydrogen-bond donors (Lipinski definition) is 1. The Hall–Kier alpha value is -2.02. The third kappa shape index (κ3) is 4.72. The molecule has 0 unspecified atom stereocenters. The van der Waals surface area contributed by atoms with Gasteiger partial charge in [0.15, 0.2) is 5.16 Å². The molecule has 0 aliphatic carbocycles. The summed E-state index contributed by atoms with van der Waals surface area (Å²) in [6.07, 6.45) is 1.63. The molecule has 1 N–H and O–H groups in total. The first-order chi connectivity index (χ1) is 11.0. The fourth-order valence-corrected chi connectivity index (χ4v) is 2.59. The number of aromatic nitrogens is 3. The minimum absolute atomic E-state index is 0.00334. The maximum absolute atomic E-state index is 12.0. The lowest BCUT2D eigenvalue weighted by Crippen LogP contribution is -2.37. The average molecular weight is 334 g/mol. The van der Waals surface area contributed by atoms with Gasteiger partial charge >= 0.3 is 0 Å². The second kappa shape index (κ2) is 8.01. The van der Waals surface area contributed by atoms with Crippen LogP contribution in [0.1, 0.15) is 20.8 Å². The second-order valence-corrected chi connectivity index (χ2v) is 6.52. The molecule has 1 aromatic heterocycles. The molecule has 2 rings (SSSR count). The Labute approximate surface area is 140 Å². The number of thioether (sulfide) groups is 1. The van der Waals surface area contributed by atoms with Crippen molar-refractivity contribution in [3.63, 3.8) is 0 Å². The van der Waals surface area contributed by atoms with Crippen molar-refractivity contribution in [3.05, 3.63) is 30.6 Å². The lowest BCUT2D eigenvalue weighted by Gasteiger charge is -2.17. The summed E-state index contributed by atoms with van der Waals surface area (Å²) in [7, 11) is 1.63. The van der Waals surface area contributed by atoms with Gasteiger partial charge in [-0.15, -0.1) is 10.2 Å². The molecule has 1 aromatic carbocycles. The molecule has 1 amide bonds. The minimum atomic E-state index is -0.00334. The smallest absolute Gasteiger partial charge is 0.230 e. The highest BCUT2D eigenvalue weighted by Crippen LogP contribution is 2.22. The van der Waals surface area contributed by atoms with Crippen molar-refractivity contribution in [2.24, 2.45) is 5.92 Å². The number of ether oxygens (including phenoxy) is 1. The number of nitrogens with zero attached hydrogens (tertiary/aromatic N) is 3. The summed E-state index contributed by atoms with van der Waals surface area (Å²) in [4.78, 5) is 12.0. The normalized spacial score (nSPS) is 12.2. The average Bonchev–Trinajstić information content (AvgIpc) is 3.01. The molecule has 0 radical (unpaired) electrons. The summed E-state index contributed by atoms with van der Waals surface area (Å²) in [5, 5.41) is 11.7. The van der Waals surface area contributed by atoms with Crippen molar-refractivity contribution >= 4 is 17.7 Å². The van der Waals surface area contributed by atoms with E-state index in [0.29, 0.717) is 16.8 Å². The summed E-state index contributed by atoms with van der Waals surface area (Å²) in [6, 6.07) is 7.77. The van der Waals surface area contributed by atoms with Crippen molar-refractivity contribution in [3.8, 4) is 11.4 Å². The molecule has 0 saturated heterocycles. The van der Waals surface area contributed by atoms with Crippen LogP contribution in [0.4, 0.5) is 0 Å². The zero-order valence-electron chi connectivity index (χ0n) is 13.8. The number of amides is 1. The lowest BCUT2D eigenvalue weighted by molar-refractivity contribution is -0.119. The van der Waals surface area contributed by atoms with Crippen molar-refractivity contribution in [2.45, 2.75) is 32.0 Å². The van der Waals surface area contributed by atoms with Crippen LogP contribution in [0.2, 0.25) is 0 Å². The van der Waals surface area contributed by atoms with Gasteiger partial charge in [0.05, 0.1) is 18.6 Å². The monoisotopic (exact) mass is 334 g/mol. The van der Waals surface area contributed by atoms with E-state index in [1.54, 1.807) is 13.4 Å². The molecule has 1 atom stereocenters. The van der Waals surface area contributed by atoms with Gasteiger partial charge in [-0.25, -0.2) is 0 Å². The van der Waals surface area contributed by atoms with Gasteiger partial charge in [-0.1, -0.05) is 31.7 Å². The van der Waals surface area contributed by atoms with E-state index in [2.05, 4.69) is 29.4 Å². The first-order valence-corrected chi connectivity index (χ1v) is 8.46. The Morgan fingerprint density at radius 1 is 1.39 bits per heavy atom. The van der Waals surface area contributed by atoms with Crippen molar-refractivity contribution in [2.75, 3.05) is 12.9 Å². The number of carbonyl (C=O) groups excluding carboxylic acids is 1. The quantitative estimate of drug-likeness (QED) is 0.788. The highest BCUT2D eigenvalue weighted by atomic mass is 32.2. The van der Waals surface area contributed by atoms with E-state index in [0.717, 1.165) is 11.4 Å². The molecule has 2 aromatic rings. The number of nitrogens with one attached hydrogen (secondary N) is 1. The van der Waals surface area contributed by atoms with E-state index in [1.165, 1.54) is 11.8 Å². The summed E-state index contributed by atoms with van der Waals surface area (Å²) in [5.41, 5.74) is 0.896. The highest BCUT2D eigenvalue weighted by molar-refractivity contribution is 7.99. The van der Waals surface area contributed by atoms with E-state index in [9.17, 15) is 4.79 Å². The zero-order chi connectivity index (χ0) is 16.8. The van der Waals surface area contributed by atoms with E-state index in [-0.39, 0.29) is 11.9 Å². The summed E-state index contributed by atoms with van der Waals surface area (Å²) in [6.45, 7) is 6.17. The molecule has 0 spiro atoms. The molecule has 0 fully saturated rings. The van der Waals surface area contributed by atoms with Gasteiger partial charge < -0.3 is 10.1 Å². The van der Waals surface area contributed by atoms with Crippen LogP contribution in [-0.4, -0.2) is 39.6 Å². The van der Waals surface area contributed by atoms with Crippen LogP contribution in [0.5, 0.6) is 5.75 Å². The van der Waals surface area contributed by atoms with Crippen LogP contribution in [0.3, 0.4) is 0 Å². The van der Waals surface area contributed by atoms with E-state index in [1.807, 2.05) is 35.8 Å². The van der Waals surface area contributed by atoms with Gasteiger partial charge in [0, 0.05) is 12.1 Å². The van der Waals surface area contributed by atoms with Gasteiger partial charge in [0.25, 0.3) is 0 Å². The van der Waals surface area contributed by atoms with Crippen molar-refractivity contribution < 1.29 is 9.53 Å². The van der Waals surface area contributed by atoms with Crippen LogP contribution in [-0.2, 0) is 4.79 Å². The Bertz CT molecular complexity index is 657. The number of methoxy groups -OCH3 is 1. The first kappa shape index (κ1) is 17.3. The Morgan fingerprint density at radius 3 is 2.87 bits per heavy atom. The molecule has 1 heterocycles. The topological polar surface area (TPSA) is 69.0 Å². The maximum Gasteiger partial charge on any atom is 0.230 e. The Morgan fingerprint density at radius 2 is 2.17 bits per heavy atom. The molecule has 23 heavy (non-hydrogen) atoms. The fraction of sp³-hybridized carbons (Fsp3) is 0.438. The summed E-state index contributed by atoms with van der Waals surface area (Å²) >= 11 is 1.36. The van der Waals surface area contributed by atoms with Crippen LogP contribution in [0, 0.1) is 5.92 Å². The van der Waals surface area contributed by atoms with Gasteiger partial charge in [0.2, 0.25) is 5.91 Å². The molecule has 0 aliphatic heterocycles. The largest absolute Gasteiger partial charge is 0.497 e. The third-order valence-corrected chi connectivity index (χ3v) is 4.51. The fourth-order valence-electron chi connectivity index (χ4n) is 1.85. The lowest BCUT2D eigenvalue weighted by atomic mass is 10.1. The number of benzene rings is 1. The van der Waals surface area contributed by atoms with Crippen molar-refractivity contribution in [1.29, 1.82) is 0 Å². The molecular weight excluding hydrogens is 312 g/mol. The van der Waals surface area contributed by atoms with Gasteiger partial charge in [-0.3, -0.25) is 9.36 Å². The molecule has 7 heteroatoms. The molecular formula is C16H22N4O2S. The molecule has 0 aliphatic rings. The third-order valence-electron chi connectivity index (χ3n) is 3.57. The maximum atomic E-state index is 12.0. The van der Waals surface area contributed by atoms with E-state index >= 15 is 0 Å².